The first-order valence-corrected chi connectivity index (χ1v) is 5.91. The smallest absolute Gasteiger partial charge is 0.323 e. The summed E-state index contributed by atoms with van der Waals surface area (Å²) >= 11 is 0. The van der Waals surface area contributed by atoms with Gasteiger partial charge in [0.2, 0.25) is 0 Å². The van der Waals surface area contributed by atoms with Crippen molar-refractivity contribution in [2.75, 3.05) is 5.32 Å². The zero-order valence-corrected chi connectivity index (χ0v) is 10.3. The minimum atomic E-state index is -0.223. The Kier molecular flexibility index (Phi) is 2.89. The molecule has 7 heteroatoms. The lowest BCUT2D eigenvalue weighted by atomic mass is 10.2. The topological polar surface area (TPSA) is 110 Å². The summed E-state index contributed by atoms with van der Waals surface area (Å²) in [5, 5.41) is 11.9. The van der Waals surface area contributed by atoms with E-state index in [-0.39, 0.29) is 5.69 Å². The van der Waals surface area contributed by atoms with Gasteiger partial charge in [-0.3, -0.25) is 0 Å². The van der Waals surface area contributed by atoms with Crippen molar-refractivity contribution in [3.63, 3.8) is 0 Å². The second-order valence-corrected chi connectivity index (χ2v) is 4.21. The third-order valence-electron chi connectivity index (χ3n) is 2.84. The van der Waals surface area contributed by atoms with Crippen LogP contribution in [0.2, 0.25) is 0 Å². The van der Waals surface area contributed by atoms with E-state index in [0.29, 0.717) is 18.1 Å². The maximum Gasteiger partial charge on any atom is 0.323 e. The summed E-state index contributed by atoms with van der Waals surface area (Å²) < 4.78 is 0. The molecule has 0 spiro atoms. The lowest BCUT2D eigenvalue weighted by molar-refractivity contribution is 1.07. The number of nitriles is 1. The Hall–Kier alpha value is -3.14. The molecule has 3 N–H and O–H groups in total. The van der Waals surface area contributed by atoms with Crippen LogP contribution in [-0.4, -0.2) is 19.9 Å². The summed E-state index contributed by atoms with van der Waals surface area (Å²) in [6.45, 7) is 0.533. The molecule has 0 aliphatic heterocycles. The number of nitrogens with zero attached hydrogens (tertiary/aromatic N) is 3. The van der Waals surface area contributed by atoms with E-state index in [0.717, 1.165) is 16.6 Å². The van der Waals surface area contributed by atoms with Gasteiger partial charge in [-0.05, 0) is 17.7 Å². The number of nitrogens with one attached hydrogen (secondary N) is 3. The van der Waals surface area contributed by atoms with Gasteiger partial charge in [-0.1, -0.05) is 6.07 Å². The quantitative estimate of drug-likeness (QED) is 0.658. The largest absolute Gasteiger partial charge is 0.366 e. The number of aromatic nitrogens is 4. The van der Waals surface area contributed by atoms with Crippen molar-refractivity contribution in [3.8, 4) is 6.07 Å². The van der Waals surface area contributed by atoms with Gasteiger partial charge in [-0.15, -0.1) is 0 Å². The van der Waals surface area contributed by atoms with Crippen LogP contribution in [0.3, 0.4) is 0 Å². The van der Waals surface area contributed by atoms with Crippen LogP contribution in [0.5, 0.6) is 0 Å². The number of aromatic amines is 2. The minimum absolute atomic E-state index is 0.223. The van der Waals surface area contributed by atoms with Crippen LogP contribution in [0, 0.1) is 11.3 Å². The average molecular weight is 266 g/mol. The number of hydrogen-bond acceptors (Lipinski definition) is 5. The normalized spacial score (nSPS) is 10.3. The van der Waals surface area contributed by atoms with Crippen molar-refractivity contribution >= 4 is 16.9 Å². The molecular formula is C13H10N6O. The monoisotopic (exact) mass is 266 g/mol. The van der Waals surface area contributed by atoms with Gasteiger partial charge in [0.1, 0.15) is 23.9 Å². The van der Waals surface area contributed by atoms with Crippen LogP contribution in [0.4, 0.5) is 5.82 Å². The fourth-order valence-corrected chi connectivity index (χ4v) is 1.90. The van der Waals surface area contributed by atoms with E-state index in [1.807, 2.05) is 24.3 Å². The second-order valence-electron chi connectivity index (χ2n) is 4.21. The number of fused-ring (bicyclic) bond motifs is 1. The molecule has 0 aliphatic rings. The molecule has 0 fully saturated rings. The number of H-pyrrole nitrogens is 2. The highest BCUT2D eigenvalue weighted by atomic mass is 16.1. The zero-order chi connectivity index (χ0) is 13.9. The summed E-state index contributed by atoms with van der Waals surface area (Å²) in [5.41, 5.74) is 2.61. The molecule has 2 heterocycles. The maximum absolute atomic E-state index is 11.2. The number of benzene rings is 1. The Balaban J connectivity index is 1.79. The van der Waals surface area contributed by atoms with Gasteiger partial charge in [-0.2, -0.15) is 5.26 Å². The van der Waals surface area contributed by atoms with Gasteiger partial charge in [0.25, 0.3) is 0 Å². The first kappa shape index (κ1) is 11.9. The molecule has 2 aromatic heterocycles. The van der Waals surface area contributed by atoms with Crippen LogP contribution in [0.1, 0.15) is 11.3 Å². The summed E-state index contributed by atoms with van der Waals surface area (Å²) in [7, 11) is 0. The molecule has 0 saturated heterocycles. The van der Waals surface area contributed by atoms with Crippen LogP contribution in [0.15, 0.2) is 35.4 Å². The van der Waals surface area contributed by atoms with Crippen LogP contribution >= 0.6 is 0 Å². The molecule has 1 aromatic carbocycles. The van der Waals surface area contributed by atoms with Crippen molar-refractivity contribution in [2.45, 2.75) is 6.54 Å². The van der Waals surface area contributed by atoms with Crippen LogP contribution < -0.4 is 11.0 Å². The van der Waals surface area contributed by atoms with E-state index in [1.54, 1.807) is 6.07 Å². The van der Waals surface area contributed by atoms with Gasteiger partial charge in [0.05, 0.1) is 11.0 Å². The molecular weight excluding hydrogens is 256 g/mol. The summed E-state index contributed by atoms with van der Waals surface area (Å²) in [6.07, 6.45) is 1.34. The molecule has 98 valence electrons. The van der Waals surface area contributed by atoms with E-state index >= 15 is 0 Å². The maximum atomic E-state index is 11.2. The predicted molar refractivity (Wildman–Crippen MR) is 73.0 cm³/mol. The Labute approximate surface area is 113 Å². The Morgan fingerprint density at radius 3 is 2.90 bits per heavy atom. The molecule has 0 saturated carbocycles. The third kappa shape index (κ3) is 2.35. The first-order valence-electron chi connectivity index (χ1n) is 5.91. The van der Waals surface area contributed by atoms with Gasteiger partial charge in [-0.25, -0.2) is 14.8 Å². The van der Waals surface area contributed by atoms with Gasteiger partial charge in [0.15, 0.2) is 0 Å². The molecule has 0 aliphatic carbocycles. The van der Waals surface area contributed by atoms with Crippen LogP contribution in [0.25, 0.3) is 11.0 Å². The molecule has 0 amide bonds. The van der Waals surface area contributed by atoms with Gasteiger partial charge in [0, 0.05) is 12.6 Å². The average Bonchev–Trinajstić information content (AvgIpc) is 2.84. The SMILES string of the molecule is N#Cc1cc(NCc2ccc3[nH]c(=O)[nH]c3c2)ncn1. The number of imidazole rings is 1. The molecule has 0 bridgehead atoms. The van der Waals surface area contributed by atoms with E-state index < -0.39 is 0 Å². The molecule has 0 unspecified atom stereocenters. The van der Waals surface area contributed by atoms with E-state index in [2.05, 4.69) is 25.3 Å². The molecule has 3 rings (SSSR count). The van der Waals surface area contributed by atoms with Gasteiger partial charge >= 0.3 is 5.69 Å². The zero-order valence-electron chi connectivity index (χ0n) is 10.3. The summed E-state index contributed by atoms with van der Waals surface area (Å²) in [4.78, 5) is 24.4. The lowest BCUT2D eigenvalue weighted by Crippen LogP contribution is -2.02. The first-order chi connectivity index (χ1) is 9.74. The molecule has 0 atom stereocenters. The van der Waals surface area contributed by atoms with Crippen LogP contribution in [-0.2, 0) is 6.54 Å². The number of anilines is 1. The van der Waals surface area contributed by atoms with Crippen molar-refractivity contribution in [2.24, 2.45) is 0 Å². The molecule has 20 heavy (non-hydrogen) atoms. The molecule has 3 aromatic rings. The highest BCUT2D eigenvalue weighted by Gasteiger charge is 2.01. The molecule has 7 nitrogen and oxygen atoms in total. The third-order valence-corrected chi connectivity index (χ3v) is 2.84. The van der Waals surface area contributed by atoms with E-state index in [1.165, 1.54) is 6.33 Å². The standard InChI is InChI=1S/C13H10N6O/c14-5-9-4-12(17-7-16-9)15-6-8-1-2-10-11(3-8)19-13(20)18-10/h1-4,7H,6H2,(H,15,16,17)(H2,18,19,20). The fourth-order valence-electron chi connectivity index (χ4n) is 1.90. The summed E-state index contributed by atoms with van der Waals surface area (Å²) in [6, 6.07) is 9.17. The van der Waals surface area contributed by atoms with Crippen molar-refractivity contribution in [1.82, 2.24) is 19.9 Å². The van der Waals surface area contributed by atoms with Gasteiger partial charge < -0.3 is 15.3 Å². The highest BCUT2D eigenvalue weighted by molar-refractivity contribution is 5.75. The highest BCUT2D eigenvalue weighted by Crippen LogP contribution is 2.12. The Morgan fingerprint density at radius 1 is 1.20 bits per heavy atom. The van der Waals surface area contributed by atoms with Crippen molar-refractivity contribution < 1.29 is 0 Å². The number of rotatable bonds is 3. The predicted octanol–water partition coefficient (Wildman–Crippen LogP) is 1.13. The summed E-state index contributed by atoms with van der Waals surface area (Å²) in [5.74, 6) is 0.583. The van der Waals surface area contributed by atoms with E-state index in [9.17, 15) is 4.79 Å². The number of hydrogen-bond donors (Lipinski definition) is 3. The minimum Gasteiger partial charge on any atom is -0.366 e. The second kappa shape index (κ2) is 4.85. The van der Waals surface area contributed by atoms with E-state index in [4.69, 9.17) is 5.26 Å². The Morgan fingerprint density at radius 2 is 2.05 bits per heavy atom. The lowest BCUT2D eigenvalue weighted by Gasteiger charge is -2.05. The van der Waals surface area contributed by atoms with Crippen molar-refractivity contribution in [1.29, 1.82) is 5.26 Å². The Bertz CT molecular complexity index is 857. The fraction of sp³-hybridized carbons (Fsp3) is 0.0769. The van der Waals surface area contributed by atoms with Crippen molar-refractivity contribution in [3.05, 3.63) is 52.3 Å². The molecule has 0 radical (unpaired) electrons.